The highest BCUT2D eigenvalue weighted by atomic mass is 16.2. The number of hydrogen-bond donors (Lipinski definition) is 1. The van der Waals surface area contributed by atoms with E-state index in [0.29, 0.717) is 5.69 Å². The number of hydrogen-bond acceptors (Lipinski definition) is 5. The first-order valence-electron chi connectivity index (χ1n) is 9.37. The van der Waals surface area contributed by atoms with Crippen LogP contribution in [0.15, 0.2) is 42.7 Å². The summed E-state index contributed by atoms with van der Waals surface area (Å²) < 4.78 is 0. The first-order chi connectivity index (χ1) is 12.8. The van der Waals surface area contributed by atoms with Gasteiger partial charge in [-0.2, -0.15) is 0 Å². The van der Waals surface area contributed by atoms with Crippen LogP contribution < -0.4 is 5.32 Å². The molecule has 138 valence electrons. The van der Waals surface area contributed by atoms with E-state index in [-0.39, 0.29) is 5.91 Å². The van der Waals surface area contributed by atoms with E-state index in [2.05, 4.69) is 51.4 Å². The van der Waals surface area contributed by atoms with Gasteiger partial charge in [-0.05, 0) is 12.0 Å². The Morgan fingerprint density at radius 2 is 1.88 bits per heavy atom. The molecule has 0 bridgehead atoms. The van der Waals surface area contributed by atoms with E-state index in [1.165, 1.54) is 11.9 Å². The molecule has 1 amide bonds. The molecule has 1 fully saturated rings. The summed E-state index contributed by atoms with van der Waals surface area (Å²) in [6, 6.07) is 12.2. The van der Waals surface area contributed by atoms with Crippen LogP contribution in [0.3, 0.4) is 0 Å². The third kappa shape index (κ3) is 5.02. The molecule has 0 spiro atoms. The predicted octanol–water partition coefficient (Wildman–Crippen LogP) is 2.65. The van der Waals surface area contributed by atoms with Crippen LogP contribution >= 0.6 is 0 Å². The van der Waals surface area contributed by atoms with Crippen molar-refractivity contribution in [1.29, 1.82) is 0 Å². The van der Waals surface area contributed by atoms with E-state index in [0.717, 1.165) is 57.9 Å². The number of carbonyl (C=O) groups is 1. The molecule has 0 unspecified atom stereocenters. The average molecular weight is 353 g/mol. The zero-order chi connectivity index (χ0) is 18.2. The number of unbranched alkanes of at least 4 members (excludes halogenated alkanes) is 1. The first-order valence-corrected chi connectivity index (χ1v) is 9.37. The van der Waals surface area contributed by atoms with Gasteiger partial charge in [-0.3, -0.25) is 9.69 Å². The fraction of sp³-hybridized carbons (Fsp3) is 0.450. The van der Waals surface area contributed by atoms with E-state index in [1.807, 2.05) is 11.0 Å². The smallest absolute Gasteiger partial charge is 0.272 e. The molecule has 1 aromatic heterocycles. The van der Waals surface area contributed by atoms with Gasteiger partial charge in [-0.15, -0.1) is 0 Å². The standard InChI is InChI=1S/C20H27N5O/c1-2-3-9-21-19-14-18(22-16-23-19)20(26)25-12-10-24(11-13-25)15-17-7-5-4-6-8-17/h4-8,14,16H,2-3,9-13,15H2,1H3,(H,21,22,23). The van der Waals surface area contributed by atoms with Crippen LogP contribution in [0.1, 0.15) is 35.8 Å². The van der Waals surface area contributed by atoms with Crippen LogP contribution in [0.4, 0.5) is 5.82 Å². The third-order valence-electron chi connectivity index (χ3n) is 4.63. The maximum atomic E-state index is 12.7. The van der Waals surface area contributed by atoms with E-state index in [1.54, 1.807) is 6.07 Å². The molecule has 0 aliphatic carbocycles. The molecular formula is C20H27N5O. The second-order valence-electron chi connectivity index (χ2n) is 6.62. The Balaban J connectivity index is 1.52. The van der Waals surface area contributed by atoms with E-state index in [4.69, 9.17) is 0 Å². The lowest BCUT2D eigenvalue weighted by Crippen LogP contribution is -2.48. The molecule has 2 aromatic rings. The highest BCUT2D eigenvalue weighted by Gasteiger charge is 2.23. The van der Waals surface area contributed by atoms with Crippen molar-refractivity contribution >= 4 is 11.7 Å². The van der Waals surface area contributed by atoms with Gasteiger partial charge in [0.15, 0.2) is 0 Å². The van der Waals surface area contributed by atoms with Crippen molar-refractivity contribution in [3.05, 3.63) is 54.0 Å². The fourth-order valence-electron chi connectivity index (χ4n) is 3.08. The highest BCUT2D eigenvalue weighted by Crippen LogP contribution is 2.12. The number of anilines is 1. The largest absolute Gasteiger partial charge is 0.370 e. The quantitative estimate of drug-likeness (QED) is 0.776. The minimum Gasteiger partial charge on any atom is -0.370 e. The van der Waals surface area contributed by atoms with Crippen molar-refractivity contribution in [2.75, 3.05) is 38.0 Å². The Kier molecular flexibility index (Phi) is 6.55. The van der Waals surface area contributed by atoms with Crippen LogP contribution in [0.25, 0.3) is 0 Å². The van der Waals surface area contributed by atoms with Crippen molar-refractivity contribution in [1.82, 2.24) is 19.8 Å². The zero-order valence-electron chi connectivity index (χ0n) is 15.4. The molecule has 6 nitrogen and oxygen atoms in total. The highest BCUT2D eigenvalue weighted by molar-refractivity contribution is 5.93. The second kappa shape index (κ2) is 9.29. The lowest BCUT2D eigenvalue weighted by atomic mass is 10.2. The van der Waals surface area contributed by atoms with E-state index in [9.17, 15) is 4.79 Å². The molecule has 6 heteroatoms. The molecule has 1 aliphatic heterocycles. The molecule has 3 rings (SSSR count). The molecule has 0 saturated carbocycles. The van der Waals surface area contributed by atoms with Crippen molar-refractivity contribution in [2.45, 2.75) is 26.3 Å². The van der Waals surface area contributed by atoms with Gasteiger partial charge >= 0.3 is 0 Å². The number of rotatable bonds is 7. The Hall–Kier alpha value is -2.47. The van der Waals surface area contributed by atoms with Gasteiger partial charge in [0.1, 0.15) is 17.8 Å². The van der Waals surface area contributed by atoms with E-state index >= 15 is 0 Å². The van der Waals surface area contributed by atoms with Gasteiger partial charge in [0.05, 0.1) is 0 Å². The maximum Gasteiger partial charge on any atom is 0.272 e. The molecule has 1 N–H and O–H groups in total. The summed E-state index contributed by atoms with van der Waals surface area (Å²) >= 11 is 0. The number of nitrogens with zero attached hydrogens (tertiary/aromatic N) is 4. The molecule has 0 radical (unpaired) electrons. The monoisotopic (exact) mass is 353 g/mol. The number of amides is 1. The van der Waals surface area contributed by atoms with Crippen LogP contribution in [-0.2, 0) is 6.54 Å². The Labute approximate surface area is 155 Å². The molecule has 0 atom stereocenters. The molecular weight excluding hydrogens is 326 g/mol. The number of piperazine rings is 1. The number of nitrogens with one attached hydrogen (secondary N) is 1. The third-order valence-corrected chi connectivity index (χ3v) is 4.63. The number of carbonyl (C=O) groups excluding carboxylic acids is 1. The average Bonchev–Trinajstić information content (AvgIpc) is 2.69. The Morgan fingerprint density at radius 1 is 1.12 bits per heavy atom. The fourth-order valence-corrected chi connectivity index (χ4v) is 3.08. The molecule has 1 aliphatic rings. The van der Waals surface area contributed by atoms with Gasteiger partial charge in [0.2, 0.25) is 0 Å². The lowest BCUT2D eigenvalue weighted by molar-refractivity contribution is 0.0622. The van der Waals surface area contributed by atoms with Crippen molar-refractivity contribution in [3.8, 4) is 0 Å². The molecule has 1 aromatic carbocycles. The van der Waals surface area contributed by atoms with E-state index < -0.39 is 0 Å². The second-order valence-corrected chi connectivity index (χ2v) is 6.62. The van der Waals surface area contributed by atoms with Gasteiger partial charge in [0.25, 0.3) is 5.91 Å². The van der Waals surface area contributed by atoms with Gasteiger partial charge < -0.3 is 10.2 Å². The minimum atomic E-state index is -0.00898. The number of aromatic nitrogens is 2. The molecule has 1 saturated heterocycles. The van der Waals surface area contributed by atoms with Gasteiger partial charge in [-0.25, -0.2) is 9.97 Å². The topological polar surface area (TPSA) is 61.4 Å². The predicted molar refractivity (Wildman–Crippen MR) is 103 cm³/mol. The van der Waals surface area contributed by atoms with Crippen LogP contribution in [-0.4, -0.2) is 58.4 Å². The first kappa shape index (κ1) is 18.3. The Bertz CT molecular complexity index is 698. The van der Waals surface area contributed by atoms with Gasteiger partial charge in [-0.1, -0.05) is 43.7 Å². The Morgan fingerprint density at radius 3 is 2.62 bits per heavy atom. The summed E-state index contributed by atoms with van der Waals surface area (Å²) in [4.78, 5) is 25.4. The van der Waals surface area contributed by atoms with Gasteiger partial charge in [0, 0.05) is 45.3 Å². The van der Waals surface area contributed by atoms with Crippen molar-refractivity contribution in [3.63, 3.8) is 0 Å². The summed E-state index contributed by atoms with van der Waals surface area (Å²) in [6.45, 7) is 7.17. The number of benzene rings is 1. The van der Waals surface area contributed by atoms with Crippen LogP contribution in [0, 0.1) is 0 Å². The summed E-state index contributed by atoms with van der Waals surface area (Å²) in [7, 11) is 0. The van der Waals surface area contributed by atoms with Crippen molar-refractivity contribution < 1.29 is 4.79 Å². The van der Waals surface area contributed by atoms with Crippen molar-refractivity contribution in [2.24, 2.45) is 0 Å². The van der Waals surface area contributed by atoms with Crippen LogP contribution in [0.2, 0.25) is 0 Å². The zero-order valence-corrected chi connectivity index (χ0v) is 15.4. The summed E-state index contributed by atoms with van der Waals surface area (Å²) in [5.41, 5.74) is 1.78. The molecule has 26 heavy (non-hydrogen) atoms. The SMILES string of the molecule is CCCCNc1cc(C(=O)N2CCN(Cc3ccccc3)CC2)ncn1. The summed E-state index contributed by atoms with van der Waals surface area (Å²) in [6.07, 6.45) is 3.67. The molecule has 2 heterocycles. The normalized spacial score (nSPS) is 15.0. The van der Waals surface area contributed by atoms with Crippen LogP contribution in [0.5, 0.6) is 0 Å². The summed E-state index contributed by atoms with van der Waals surface area (Å²) in [5.74, 6) is 0.713. The summed E-state index contributed by atoms with van der Waals surface area (Å²) in [5, 5.41) is 3.25. The lowest BCUT2D eigenvalue weighted by Gasteiger charge is -2.34. The maximum absolute atomic E-state index is 12.7. The minimum absolute atomic E-state index is 0.00898.